The Bertz CT molecular complexity index is 65.7. The van der Waals surface area contributed by atoms with Crippen molar-refractivity contribution in [3.8, 4) is 0 Å². The van der Waals surface area contributed by atoms with Gasteiger partial charge >= 0.3 is 0 Å². The van der Waals surface area contributed by atoms with Gasteiger partial charge in [-0.3, -0.25) is 0 Å². The van der Waals surface area contributed by atoms with Crippen LogP contribution < -0.4 is 5.32 Å². The van der Waals surface area contributed by atoms with Crippen molar-refractivity contribution in [2.75, 3.05) is 25.6 Å². The third-order valence-electron chi connectivity index (χ3n) is 1.93. The molecule has 0 bridgehead atoms. The van der Waals surface area contributed by atoms with E-state index in [1.54, 1.807) is 0 Å². The van der Waals surface area contributed by atoms with Gasteiger partial charge in [0.1, 0.15) is 0 Å². The third-order valence-corrected chi connectivity index (χ3v) is 2.79. The lowest BCUT2D eigenvalue weighted by atomic mass is 9.98. The minimum atomic E-state index is 0.803. The maximum absolute atomic E-state index is 3.20. The molecule has 10 heavy (non-hydrogen) atoms. The lowest BCUT2D eigenvalue weighted by Crippen LogP contribution is -2.23. The van der Waals surface area contributed by atoms with Crippen LogP contribution in [0.25, 0.3) is 0 Å². The Labute approximate surface area is 69.0 Å². The van der Waals surface area contributed by atoms with E-state index >= 15 is 0 Å². The molecule has 0 aliphatic heterocycles. The maximum Gasteiger partial charge on any atom is -0.00233 e. The van der Waals surface area contributed by atoms with Crippen LogP contribution in [-0.4, -0.2) is 25.6 Å². The van der Waals surface area contributed by atoms with E-state index in [4.69, 9.17) is 0 Å². The van der Waals surface area contributed by atoms with E-state index in [1.807, 2.05) is 18.8 Å². The van der Waals surface area contributed by atoms with Crippen LogP contribution in [0, 0.1) is 11.8 Å². The van der Waals surface area contributed by atoms with E-state index in [9.17, 15) is 0 Å². The number of thioether (sulfide) groups is 1. The molecule has 2 atom stereocenters. The molecule has 0 saturated heterocycles. The highest BCUT2D eigenvalue weighted by atomic mass is 32.2. The maximum atomic E-state index is 3.20. The summed E-state index contributed by atoms with van der Waals surface area (Å²) in [6, 6.07) is 0. The van der Waals surface area contributed by atoms with Crippen molar-refractivity contribution in [1.82, 2.24) is 5.32 Å². The topological polar surface area (TPSA) is 12.0 Å². The van der Waals surface area contributed by atoms with Crippen LogP contribution in [0.3, 0.4) is 0 Å². The monoisotopic (exact) mass is 161 g/mol. The molecular weight excluding hydrogens is 142 g/mol. The molecule has 2 unspecified atom stereocenters. The van der Waals surface area contributed by atoms with Crippen molar-refractivity contribution in [1.29, 1.82) is 0 Å². The molecule has 2 heteroatoms. The van der Waals surface area contributed by atoms with Gasteiger partial charge < -0.3 is 5.32 Å². The first-order valence-corrected chi connectivity index (χ1v) is 5.25. The Kier molecular flexibility index (Phi) is 6.24. The molecule has 1 nitrogen and oxygen atoms in total. The Morgan fingerprint density at radius 1 is 1.30 bits per heavy atom. The van der Waals surface area contributed by atoms with E-state index in [2.05, 4.69) is 25.4 Å². The van der Waals surface area contributed by atoms with Crippen LogP contribution in [0.4, 0.5) is 0 Å². The van der Waals surface area contributed by atoms with Gasteiger partial charge in [0.05, 0.1) is 0 Å². The van der Waals surface area contributed by atoms with Gasteiger partial charge in [-0.2, -0.15) is 11.8 Å². The molecular formula is C8H19NS. The first-order chi connectivity index (χ1) is 4.72. The normalized spacial score (nSPS) is 16.8. The molecule has 0 amide bonds. The van der Waals surface area contributed by atoms with Crippen molar-refractivity contribution >= 4 is 11.8 Å². The van der Waals surface area contributed by atoms with E-state index in [0.29, 0.717) is 0 Å². The average molecular weight is 161 g/mol. The van der Waals surface area contributed by atoms with Crippen molar-refractivity contribution in [2.45, 2.75) is 13.8 Å². The second-order valence-corrected chi connectivity index (χ2v) is 3.88. The molecule has 0 aromatic rings. The van der Waals surface area contributed by atoms with Gasteiger partial charge in [-0.05, 0) is 37.4 Å². The summed E-state index contributed by atoms with van der Waals surface area (Å²) in [5.74, 6) is 2.92. The van der Waals surface area contributed by atoms with Crippen LogP contribution >= 0.6 is 11.8 Å². The quantitative estimate of drug-likeness (QED) is 0.660. The molecule has 0 saturated carbocycles. The fourth-order valence-electron chi connectivity index (χ4n) is 0.950. The lowest BCUT2D eigenvalue weighted by Gasteiger charge is -2.17. The summed E-state index contributed by atoms with van der Waals surface area (Å²) in [4.78, 5) is 0. The minimum Gasteiger partial charge on any atom is -0.319 e. The summed E-state index contributed by atoms with van der Waals surface area (Å²) in [7, 11) is 2.02. The highest BCUT2D eigenvalue weighted by Gasteiger charge is 2.09. The molecule has 0 aromatic heterocycles. The Hall–Kier alpha value is 0.310. The van der Waals surface area contributed by atoms with E-state index < -0.39 is 0 Å². The second-order valence-electron chi connectivity index (χ2n) is 2.97. The van der Waals surface area contributed by atoms with Gasteiger partial charge in [-0.1, -0.05) is 13.8 Å². The van der Waals surface area contributed by atoms with Gasteiger partial charge in [0.2, 0.25) is 0 Å². The summed E-state index contributed by atoms with van der Waals surface area (Å²) in [5, 5.41) is 3.20. The zero-order valence-electron chi connectivity index (χ0n) is 7.48. The van der Waals surface area contributed by atoms with Crippen LogP contribution in [0.2, 0.25) is 0 Å². The predicted octanol–water partition coefficient (Wildman–Crippen LogP) is 1.84. The summed E-state index contributed by atoms with van der Waals surface area (Å²) < 4.78 is 0. The number of nitrogens with one attached hydrogen (secondary N) is 1. The SMILES string of the molecule is CNCC(C)C(C)CSC. The molecule has 0 aliphatic rings. The van der Waals surface area contributed by atoms with Gasteiger partial charge in [0.15, 0.2) is 0 Å². The van der Waals surface area contributed by atoms with Crippen LogP contribution in [-0.2, 0) is 0 Å². The minimum absolute atomic E-state index is 0.803. The molecule has 1 N–H and O–H groups in total. The largest absolute Gasteiger partial charge is 0.319 e. The predicted molar refractivity (Wildman–Crippen MR) is 50.6 cm³/mol. The van der Waals surface area contributed by atoms with Crippen LogP contribution in [0.15, 0.2) is 0 Å². The fourth-order valence-corrected chi connectivity index (χ4v) is 1.80. The molecule has 0 radical (unpaired) electrons. The van der Waals surface area contributed by atoms with Gasteiger partial charge in [-0.15, -0.1) is 0 Å². The number of hydrogen-bond acceptors (Lipinski definition) is 2. The van der Waals surface area contributed by atoms with Gasteiger partial charge in [0.25, 0.3) is 0 Å². The van der Waals surface area contributed by atoms with Gasteiger partial charge in [0, 0.05) is 0 Å². The summed E-state index contributed by atoms with van der Waals surface area (Å²) in [6.45, 7) is 5.76. The van der Waals surface area contributed by atoms with Crippen molar-refractivity contribution in [3.05, 3.63) is 0 Å². The van der Waals surface area contributed by atoms with Crippen molar-refractivity contribution in [3.63, 3.8) is 0 Å². The highest BCUT2D eigenvalue weighted by molar-refractivity contribution is 7.98. The zero-order chi connectivity index (χ0) is 7.98. The van der Waals surface area contributed by atoms with E-state index in [-0.39, 0.29) is 0 Å². The smallest absolute Gasteiger partial charge is 0.00233 e. The summed E-state index contributed by atoms with van der Waals surface area (Å²) in [5.41, 5.74) is 0. The molecule has 62 valence electrons. The Morgan fingerprint density at radius 2 is 1.90 bits per heavy atom. The summed E-state index contributed by atoms with van der Waals surface area (Å²) in [6.07, 6.45) is 2.17. The molecule has 0 aliphatic carbocycles. The van der Waals surface area contributed by atoms with Crippen LogP contribution in [0.5, 0.6) is 0 Å². The summed E-state index contributed by atoms with van der Waals surface area (Å²) >= 11 is 1.94. The van der Waals surface area contributed by atoms with E-state index in [1.165, 1.54) is 5.75 Å². The van der Waals surface area contributed by atoms with Crippen molar-refractivity contribution < 1.29 is 0 Å². The lowest BCUT2D eigenvalue weighted by molar-refractivity contribution is 0.411. The highest BCUT2D eigenvalue weighted by Crippen LogP contribution is 2.13. The average Bonchev–Trinajstić information content (AvgIpc) is 1.89. The fraction of sp³-hybridized carbons (Fsp3) is 1.00. The molecule has 0 rings (SSSR count). The second kappa shape index (κ2) is 6.05. The van der Waals surface area contributed by atoms with Gasteiger partial charge in [-0.25, -0.2) is 0 Å². The Balaban J connectivity index is 3.38. The van der Waals surface area contributed by atoms with Crippen LogP contribution in [0.1, 0.15) is 13.8 Å². The molecule has 0 spiro atoms. The number of hydrogen-bond donors (Lipinski definition) is 1. The third kappa shape index (κ3) is 4.18. The first-order valence-electron chi connectivity index (χ1n) is 3.86. The molecule has 0 fully saturated rings. The Morgan fingerprint density at radius 3 is 2.30 bits per heavy atom. The first kappa shape index (κ1) is 10.3. The van der Waals surface area contributed by atoms with E-state index in [0.717, 1.165) is 18.4 Å². The molecule has 0 aromatic carbocycles. The van der Waals surface area contributed by atoms with Crippen molar-refractivity contribution in [2.24, 2.45) is 11.8 Å². The standard InChI is InChI=1S/C8H19NS/c1-7(5-9-3)8(2)6-10-4/h7-9H,5-6H2,1-4H3. The molecule has 0 heterocycles. The zero-order valence-corrected chi connectivity index (χ0v) is 8.29. The number of rotatable bonds is 5.